The van der Waals surface area contributed by atoms with Crippen LogP contribution in [0.5, 0.6) is 0 Å². The van der Waals surface area contributed by atoms with E-state index in [0.717, 1.165) is 4.90 Å². The lowest BCUT2D eigenvalue weighted by atomic mass is 10.4. The number of aromatic amines is 1. The Morgan fingerprint density at radius 3 is 3.06 bits per heavy atom. The molecule has 2 aromatic rings. The molecule has 0 aliphatic rings. The second-order valence-electron chi connectivity index (χ2n) is 3.15. The largest absolute Gasteiger partial charge is 0.339 e. The van der Waals surface area contributed by atoms with Crippen molar-refractivity contribution in [2.24, 2.45) is 0 Å². The lowest BCUT2D eigenvalue weighted by Crippen LogP contribution is -1.85. The van der Waals surface area contributed by atoms with Crippen molar-refractivity contribution in [2.75, 3.05) is 0 Å². The van der Waals surface area contributed by atoms with E-state index in [-0.39, 0.29) is 5.82 Å². The highest BCUT2D eigenvalue weighted by atomic mass is 32.2. The maximum absolute atomic E-state index is 12.9. The summed E-state index contributed by atoms with van der Waals surface area (Å²) in [4.78, 5) is 18.1. The van der Waals surface area contributed by atoms with E-state index in [0.29, 0.717) is 23.6 Å². The summed E-state index contributed by atoms with van der Waals surface area (Å²) in [6, 6.07) is 6.36. The first-order valence-electron chi connectivity index (χ1n) is 4.65. The van der Waals surface area contributed by atoms with E-state index in [1.807, 2.05) is 6.07 Å². The van der Waals surface area contributed by atoms with Gasteiger partial charge in [-0.05, 0) is 18.2 Å². The number of halogens is 1. The lowest BCUT2D eigenvalue weighted by Gasteiger charge is -1.98. The molecule has 1 heterocycles. The number of rotatable bonds is 4. The highest BCUT2D eigenvalue weighted by molar-refractivity contribution is 7.98. The van der Waals surface area contributed by atoms with Gasteiger partial charge in [-0.3, -0.25) is 4.79 Å². The van der Waals surface area contributed by atoms with Crippen LogP contribution in [0, 0.1) is 5.82 Å². The van der Waals surface area contributed by atoms with Crippen LogP contribution in [0.4, 0.5) is 4.39 Å². The number of H-pyrrole nitrogens is 1. The van der Waals surface area contributed by atoms with Crippen molar-refractivity contribution in [1.82, 2.24) is 9.97 Å². The third kappa shape index (κ3) is 2.70. The van der Waals surface area contributed by atoms with E-state index in [2.05, 4.69) is 9.97 Å². The van der Waals surface area contributed by atoms with Crippen LogP contribution < -0.4 is 0 Å². The number of imidazole rings is 1. The average Bonchev–Trinajstić information content (AvgIpc) is 2.74. The van der Waals surface area contributed by atoms with Gasteiger partial charge in [0.1, 0.15) is 11.6 Å². The fourth-order valence-electron chi connectivity index (χ4n) is 1.22. The summed E-state index contributed by atoms with van der Waals surface area (Å²) in [7, 11) is 0. The van der Waals surface area contributed by atoms with Crippen LogP contribution in [0.15, 0.2) is 35.4 Å². The summed E-state index contributed by atoms with van der Waals surface area (Å²) in [6.45, 7) is 0. The van der Waals surface area contributed by atoms with E-state index in [1.54, 1.807) is 6.07 Å². The Kier molecular flexibility index (Phi) is 3.36. The Morgan fingerprint density at radius 2 is 2.38 bits per heavy atom. The molecule has 0 atom stereocenters. The second-order valence-corrected chi connectivity index (χ2v) is 4.20. The molecule has 0 bridgehead atoms. The van der Waals surface area contributed by atoms with Gasteiger partial charge in [0.25, 0.3) is 0 Å². The van der Waals surface area contributed by atoms with Gasteiger partial charge < -0.3 is 4.98 Å². The Hall–Kier alpha value is -1.62. The zero-order valence-corrected chi connectivity index (χ0v) is 9.13. The Bertz CT molecular complexity index is 498. The smallest absolute Gasteiger partial charge is 0.167 e. The Labute approximate surface area is 96.1 Å². The molecule has 0 saturated carbocycles. The molecular weight excluding hydrogens is 227 g/mol. The Morgan fingerprint density at radius 1 is 1.50 bits per heavy atom. The zero-order chi connectivity index (χ0) is 11.4. The molecular formula is C11H9FN2OS. The molecule has 1 aromatic carbocycles. The minimum Gasteiger partial charge on any atom is -0.339 e. The van der Waals surface area contributed by atoms with Crippen LogP contribution in [0.3, 0.4) is 0 Å². The topological polar surface area (TPSA) is 45.8 Å². The number of nitrogens with one attached hydrogen (secondary N) is 1. The van der Waals surface area contributed by atoms with Crippen molar-refractivity contribution in [3.8, 4) is 0 Å². The van der Waals surface area contributed by atoms with Crippen LogP contribution in [-0.4, -0.2) is 16.3 Å². The monoisotopic (exact) mass is 236 g/mol. The van der Waals surface area contributed by atoms with Crippen molar-refractivity contribution in [3.05, 3.63) is 47.8 Å². The number of benzene rings is 1. The SMILES string of the molecule is O=Cc1cnc(CSc2cccc(F)c2)[nH]1. The van der Waals surface area contributed by atoms with Crippen molar-refractivity contribution >= 4 is 18.0 Å². The summed E-state index contributed by atoms with van der Waals surface area (Å²) in [6.07, 6.45) is 2.19. The summed E-state index contributed by atoms with van der Waals surface area (Å²) < 4.78 is 12.9. The first-order valence-corrected chi connectivity index (χ1v) is 5.64. The molecule has 0 saturated heterocycles. The molecule has 0 radical (unpaired) electrons. The van der Waals surface area contributed by atoms with Gasteiger partial charge in [-0.2, -0.15) is 0 Å². The second kappa shape index (κ2) is 4.94. The van der Waals surface area contributed by atoms with Crippen LogP contribution in [0.1, 0.15) is 16.3 Å². The van der Waals surface area contributed by atoms with E-state index in [4.69, 9.17) is 0 Å². The molecule has 0 amide bonds. The van der Waals surface area contributed by atoms with Gasteiger partial charge in [0.05, 0.1) is 17.6 Å². The maximum Gasteiger partial charge on any atom is 0.167 e. The lowest BCUT2D eigenvalue weighted by molar-refractivity contribution is 0.111. The van der Waals surface area contributed by atoms with E-state index < -0.39 is 0 Å². The molecule has 0 aliphatic heterocycles. The predicted octanol–water partition coefficient (Wildman–Crippen LogP) is 2.65. The number of aromatic nitrogens is 2. The minimum absolute atomic E-state index is 0.252. The number of hydrogen-bond donors (Lipinski definition) is 1. The van der Waals surface area contributed by atoms with Gasteiger partial charge >= 0.3 is 0 Å². The minimum atomic E-state index is -0.252. The van der Waals surface area contributed by atoms with E-state index in [9.17, 15) is 9.18 Å². The van der Waals surface area contributed by atoms with Crippen molar-refractivity contribution in [3.63, 3.8) is 0 Å². The fourth-order valence-corrected chi connectivity index (χ4v) is 2.04. The summed E-state index contributed by atoms with van der Waals surface area (Å²) in [5.74, 6) is 1.03. The van der Waals surface area contributed by atoms with Gasteiger partial charge in [-0.25, -0.2) is 9.37 Å². The van der Waals surface area contributed by atoms with Gasteiger partial charge in [0, 0.05) is 4.90 Å². The van der Waals surface area contributed by atoms with Gasteiger partial charge in [-0.1, -0.05) is 6.07 Å². The van der Waals surface area contributed by atoms with Crippen LogP contribution >= 0.6 is 11.8 Å². The quantitative estimate of drug-likeness (QED) is 0.655. The molecule has 2 rings (SSSR count). The fraction of sp³-hybridized carbons (Fsp3) is 0.0909. The maximum atomic E-state index is 12.9. The third-order valence-corrected chi connectivity index (χ3v) is 2.95. The molecule has 0 spiro atoms. The van der Waals surface area contributed by atoms with Gasteiger partial charge in [0.2, 0.25) is 0 Å². The number of carbonyl (C=O) groups is 1. The zero-order valence-electron chi connectivity index (χ0n) is 8.31. The molecule has 16 heavy (non-hydrogen) atoms. The number of nitrogens with zero attached hydrogens (tertiary/aromatic N) is 1. The number of carbonyl (C=O) groups excluding carboxylic acids is 1. The molecule has 1 aromatic heterocycles. The molecule has 82 valence electrons. The van der Waals surface area contributed by atoms with Crippen molar-refractivity contribution in [2.45, 2.75) is 10.6 Å². The average molecular weight is 236 g/mol. The highest BCUT2D eigenvalue weighted by Gasteiger charge is 2.01. The summed E-state index contributed by atoms with van der Waals surface area (Å²) in [5, 5.41) is 0. The van der Waals surface area contributed by atoms with Crippen molar-refractivity contribution < 1.29 is 9.18 Å². The van der Waals surface area contributed by atoms with Gasteiger partial charge in [0.15, 0.2) is 6.29 Å². The molecule has 0 aliphatic carbocycles. The third-order valence-electron chi connectivity index (χ3n) is 1.95. The number of hydrogen-bond acceptors (Lipinski definition) is 3. The van der Waals surface area contributed by atoms with E-state index in [1.165, 1.54) is 30.1 Å². The van der Waals surface area contributed by atoms with Crippen molar-refractivity contribution in [1.29, 1.82) is 0 Å². The van der Waals surface area contributed by atoms with Crippen LogP contribution in [-0.2, 0) is 5.75 Å². The molecule has 5 heteroatoms. The predicted molar refractivity (Wildman–Crippen MR) is 59.9 cm³/mol. The summed E-state index contributed by atoms with van der Waals surface area (Å²) >= 11 is 1.46. The number of thioether (sulfide) groups is 1. The molecule has 0 fully saturated rings. The molecule has 0 unspecified atom stereocenters. The Balaban J connectivity index is 1.99. The van der Waals surface area contributed by atoms with E-state index >= 15 is 0 Å². The highest BCUT2D eigenvalue weighted by Crippen LogP contribution is 2.21. The normalized spacial score (nSPS) is 10.3. The number of aldehydes is 1. The summed E-state index contributed by atoms with van der Waals surface area (Å²) in [5.41, 5.74) is 0.454. The van der Waals surface area contributed by atoms with Crippen LogP contribution in [0.2, 0.25) is 0 Å². The molecule has 3 nitrogen and oxygen atoms in total. The first-order chi connectivity index (χ1) is 7.78. The first kappa shape index (κ1) is 10.9. The van der Waals surface area contributed by atoms with Crippen LogP contribution in [0.25, 0.3) is 0 Å². The van der Waals surface area contributed by atoms with Gasteiger partial charge in [-0.15, -0.1) is 11.8 Å². The standard InChI is InChI=1S/C11H9FN2OS/c12-8-2-1-3-10(4-8)16-7-11-13-5-9(6-15)14-11/h1-6H,7H2,(H,13,14). The molecule has 1 N–H and O–H groups in total.